The minimum Gasteiger partial charge on any atom is -0.396 e. The van der Waals surface area contributed by atoms with Gasteiger partial charge >= 0.3 is 0 Å². The van der Waals surface area contributed by atoms with Crippen molar-refractivity contribution in [1.82, 2.24) is 4.98 Å². The molecule has 0 bridgehead atoms. The molecule has 0 aliphatic carbocycles. The molecule has 1 amide bonds. The number of amides is 1. The van der Waals surface area contributed by atoms with E-state index in [1.165, 1.54) is 0 Å². The molecule has 0 unspecified atom stereocenters. The standard InChI is InChI=1S/C9H9N3O/c1-6-4-7(10)8(12-5-6)2-3-9(11)13/h4-5H,10H2,1H3,(H2,11,13). The summed E-state index contributed by atoms with van der Waals surface area (Å²) in [5, 5.41) is 0. The highest BCUT2D eigenvalue weighted by Crippen LogP contribution is 2.08. The Balaban J connectivity index is 3.05. The van der Waals surface area contributed by atoms with Gasteiger partial charge in [-0.25, -0.2) is 4.98 Å². The average molecular weight is 175 g/mol. The van der Waals surface area contributed by atoms with Crippen LogP contribution < -0.4 is 11.5 Å². The number of nitrogen functional groups attached to an aromatic ring is 1. The zero-order valence-electron chi connectivity index (χ0n) is 7.16. The molecule has 0 saturated heterocycles. The number of aromatic nitrogens is 1. The summed E-state index contributed by atoms with van der Waals surface area (Å²) < 4.78 is 0. The smallest absolute Gasteiger partial charge is 0.293 e. The highest BCUT2D eigenvalue weighted by atomic mass is 16.1. The molecule has 0 spiro atoms. The van der Waals surface area contributed by atoms with Gasteiger partial charge in [-0.15, -0.1) is 0 Å². The van der Waals surface area contributed by atoms with Crippen LogP contribution in [-0.4, -0.2) is 10.9 Å². The van der Waals surface area contributed by atoms with Crippen LogP contribution in [0.4, 0.5) is 5.69 Å². The number of hydrogen-bond donors (Lipinski definition) is 2. The number of nitrogens with zero attached hydrogens (tertiary/aromatic N) is 1. The number of anilines is 1. The monoisotopic (exact) mass is 175 g/mol. The van der Waals surface area contributed by atoms with Gasteiger partial charge in [-0.3, -0.25) is 4.79 Å². The molecular formula is C9H9N3O. The van der Waals surface area contributed by atoms with E-state index < -0.39 is 5.91 Å². The quantitative estimate of drug-likeness (QED) is 0.536. The topological polar surface area (TPSA) is 82.0 Å². The average Bonchev–Trinajstić information content (AvgIpc) is 2.02. The van der Waals surface area contributed by atoms with E-state index in [2.05, 4.69) is 16.8 Å². The molecule has 0 aliphatic heterocycles. The van der Waals surface area contributed by atoms with Gasteiger partial charge < -0.3 is 11.5 Å². The Kier molecular flexibility index (Phi) is 2.50. The van der Waals surface area contributed by atoms with Crippen LogP contribution in [0, 0.1) is 18.8 Å². The van der Waals surface area contributed by atoms with E-state index in [0.29, 0.717) is 11.4 Å². The number of aryl methyl sites for hydroxylation is 1. The van der Waals surface area contributed by atoms with Gasteiger partial charge in [0.1, 0.15) is 5.69 Å². The Labute approximate surface area is 76.0 Å². The van der Waals surface area contributed by atoms with Gasteiger partial charge in [0.15, 0.2) is 0 Å². The Morgan fingerprint density at radius 2 is 2.31 bits per heavy atom. The van der Waals surface area contributed by atoms with Crippen molar-refractivity contribution in [2.45, 2.75) is 6.92 Å². The second-order valence-corrected chi connectivity index (χ2v) is 2.56. The molecule has 0 radical (unpaired) electrons. The van der Waals surface area contributed by atoms with E-state index in [4.69, 9.17) is 11.5 Å². The van der Waals surface area contributed by atoms with Crippen molar-refractivity contribution in [3.63, 3.8) is 0 Å². The van der Waals surface area contributed by atoms with Crippen LogP contribution in [0.1, 0.15) is 11.3 Å². The van der Waals surface area contributed by atoms with Crippen molar-refractivity contribution >= 4 is 11.6 Å². The normalized spacial score (nSPS) is 8.69. The SMILES string of the molecule is Cc1cnc(C#CC(N)=O)c(N)c1. The zero-order chi connectivity index (χ0) is 9.84. The Bertz CT molecular complexity index is 401. The number of primary amides is 1. The number of rotatable bonds is 0. The Morgan fingerprint density at radius 1 is 1.62 bits per heavy atom. The summed E-state index contributed by atoms with van der Waals surface area (Å²) in [7, 11) is 0. The van der Waals surface area contributed by atoms with Crippen LogP contribution in [0.3, 0.4) is 0 Å². The number of carbonyl (C=O) groups is 1. The molecule has 1 rings (SSSR count). The predicted molar refractivity (Wildman–Crippen MR) is 49.5 cm³/mol. The fourth-order valence-electron chi connectivity index (χ4n) is 0.817. The molecule has 1 heterocycles. The van der Waals surface area contributed by atoms with Crippen LogP contribution in [0.5, 0.6) is 0 Å². The second-order valence-electron chi connectivity index (χ2n) is 2.56. The Hall–Kier alpha value is -2.02. The molecule has 0 atom stereocenters. The maximum atomic E-state index is 10.3. The maximum absolute atomic E-state index is 10.3. The van der Waals surface area contributed by atoms with Crippen LogP contribution in [0.2, 0.25) is 0 Å². The number of hydrogen-bond acceptors (Lipinski definition) is 3. The van der Waals surface area contributed by atoms with Gasteiger partial charge in [0, 0.05) is 12.1 Å². The highest BCUT2D eigenvalue weighted by Gasteiger charge is 1.96. The molecule has 0 fully saturated rings. The fraction of sp³-hybridized carbons (Fsp3) is 0.111. The van der Waals surface area contributed by atoms with E-state index in [0.717, 1.165) is 5.56 Å². The van der Waals surface area contributed by atoms with Crippen LogP contribution in [0.25, 0.3) is 0 Å². The van der Waals surface area contributed by atoms with Gasteiger partial charge in [0.2, 0.25) is 0 Å². The van der Waals surface area contributed by atoms with Gasteiger partial charge in [0.25, 0.3) is 5.91 Å². The third kappa shape index (κ3) is 2.49. The van der Waals surface area contributed by atoms with Gasteiger partial charge in [-0.1, -0.05) is 0 Å². The first-order valence-electron chi connectivity index (χ1n) is 3.63. The first-order valence-corrected chi connectivity index (χ1v) is 3.63. The first kappa shape index (κ1) is 9.07. The lowest BCUT2D eigenvalue weighted by molar-refractivity contribution is -0.112. The van der Waals surface area contributed by atoms with Crippen LogP contribution >= 0.6 is 0 Å². The van der Waals surface area contributed by atoms with E-state index in [9.17, 15) is 4.79 Å². The second kappa shape index (κ2) is 3.59. The molecule has 1 aromatic heterocycles. The third-order valence-electron chi connectivity index (χ3n) is 1.36. The summed E-state index contributed by atoms with van der Waals surface area (Å²) in [5.41, 5.74) is 12.2. The number of pyridine rings is 1. The largest absolute Gasteiger partial charge is 0.396 e. The summed E-state index contributed by atoms with van der Waals surface area (Å²) in [4.78, 5) is 14.3. The van der Waals surface area contributed by atoms with Crippen molar-refractivity contribution in [1.29, 1.82) is 0 Å². The molecular weight excluding hydrogens is 166 g/mol. The predicted octanol–water partition coefficient (Wildman–Crippen LogP) is -0.191. The molecule has 0 aromatic carbocycles. The van der Waals surface area contributed by atoms with E-state index >= 15 is 0 Å². The maximum Gasteiger partial charge on any atom is 0.293 e. The summed E-state index contributed by atoms with van der Waals surface area (Å²) in [6, 6.07) is 1.73. The van der Waals surface area contributed by atoms with Crippen molar-refractivity contribution in [2.24, 2.45) is 5.73 Å². The molecule has 13 heavy (non-hydrogen) atoms. The molecule has 1 aromatic rings. The van der Waals surface area contributed by atoms with E-state index in [-0.39, 0.29) is 0 Å². The van der Waals surface area contributed by atoms with Gasteiger partial charge in [-0.05, 0) is 24.5 Å². The summed E-state index contributed by atoms with van der Waals surface area (Å²) in [6.45, 7) is 1.87. The minimum atomic E-state index is -0.693. The zero-order valence-corrected chi connectivity index (χ0v) is 7.16. The summed E-state index contributed by atoms with van der Waals surface area (Å²) in [6.07, 6.45) is 1.63. The summed E-state index contributed by atoms with van der Waals surface area (Å²) >= 11 is 0. The lowest BCUT2D eigenvalue weighted by Crippen LogP contribution is -2.06. The van der Waals surface area contributed by atoms with Crippen molar-refractivity contribution in [2.75, 3.05) is 5.73 Å². The van der Waals surface area contributed by atoms with Crippen molar-refractivity contribution in [3.8, 4) is 11.8 Å². The minimum absolute atomic E-state index is 0.379. The van der Waals surface area contributed by atoms with Crippen molar-refractivity contribution in [3.05, 3.63) is 23.5 Å². The number of nitrogens with two attached hydrogens (primary N) is 2. The number of carbonyl (C=O) groups excluding carboxylic acids is 1. The Morgan fingerprint density at radius 3 is 2.85 bits per heavy atom. The molecule has 0 aliphatic rings. The summed E-state index contributed by atoms with van der Waals surface area (Å²) in [5.74, 6) is 3.95. The van der Waals surface area contributed by atoms with Crippen LogP contribution in [0.15, 0.2) is 12.3 Å². The van der Waals surface area contributed by atoms with Gasteiger partial charge in [-0.2, -0.15) is 0 Å². The van der Waals surface area contributed by atoms with Crippen molar-refractivity contribution < 1.29 is 4.79 Å². The van der Waals surface area contributed by atoms with Gasteiger partial charge in [0.05, 0.1) is 5.69 Å². The molecule has 4 N–H and O–H groups in total. The van der Waals surface area contributed by atoms with Crippen LogP contribution in [-0.2, 0) is 4.79 Å². The highest BCUT2D eigenvalue weighted by molar-refractivity contribution is 5.92. The van der Waals surface area contributed by atoms with E-state index in [1.54, 1.807) is 12.3 Å². The fourth-order valence-corrected chi connectivity index (χ4v) is 0.817. The molecule has 66 valence electrons. The molecule has 0 saturated carbocycles. The lowest BCUT2D eigenvalue weighted by Gasteiger charge is -1.97. The molecule has 4 heteroatoms. The third-order valence-corrected chi connectivity index (χ3v) is 1.36. The lowest BCUT2D eigenvalue weighted by atomic mass is 10.2. The van der Waals surface area contributed by atoms with E-state index in [1.807, 2.05) is 6.92 Å². The first-order chi connectivity index (χ1) is 6.09. The molecule has 4 nitrogen and oxygen atoms in total.